The number of methoxy groups -OCH3 is 1. The number of halogens is 1. The predicted molar refractivity (Wildman–Crippen MR) is 83.5 cm³/mol. The van der Waals surface area contributed by atoms with E-state index in [0.717, 1.165) is 16.3 Å². The Balaban J connectivity index is 2.28. The second kappa shape index (κ2) is 5.54. The van der Waals surface area contributed by atoms with E-state index in [0.29, 0.717) is 16.3 Å². The SMILES string of the molecule is COC(=O)c1ccc2cccc(-c3ncccc3Cl)c2c1. The molecular weight excluding hydrogens is 286 g/mol. The van der Waals surface area contributed by atoms with Crippen LogP contribution >= 0.6 is 11.6 Å². The van der Waals surface area contributed by atoms with Gasteiger partial charge in [0.15, 0.2) is 0 Å². The number of carbonyl (C=O) groups is 1. The van der Waals surface area contributed by atoms with Crippen LogP contribution in [0.25, 0.3) is 22.0 Å². The van der Waals surface area contributed by atoms with Crippen LogP contribution in [0.1, 0.15) is 10.4 Å². The van der Waals surface area contributed by atoms with Gasteiger partial charge in [-0.3, -0.25) is 4.98 Å². The lowest BCUT2D eigenvalue weighted by Gasteiger charge is -2.09. The molecule has 4 heteroatoms. The van der Waals surface area contributed by atoms with Crippen molar-refractivity contribution >= 4 is 28.3 Å². The quantitative estimate of drug-likeness (QED) is 0.660. The molecular formula is C17H12ClNO2. The summed E-state index contributed by atoms with van der Waals surface area (Å²) in [4.78, 5) is 16.1. The van der Waals surface area contributed by atoms with E-state index >= 15 is 0 Å². The maximum atomic E-state index is 11.7. The third-order valence-electron chi connectivity index (χ3n) is 3.32. The fraction of sp³-hybridized carbons (Fsp3) is 0.0588. The molecule has 0 saturated carbocycles. The average Bonchev–Trinajstić information content (AvgIpc) is 2.53. The van der Waals surface area contributed by atoms with E-state index in [9.17, 15) is 4.79 Å². The summed E-state index contributed by atoms with van der Waals surface area (Å²) in [6, 6.07) is 14.9. The van der Waals surface area contributed by atoms with E-state index in [2.05, 4.69) is 4.98 Å². The molecule has 0 saturated heterocycles. The highest BCUT2D eigenvalue weighted by molar-refractivity contribution is 6.33. The zero-order chi connectivity index (χ0) is 14.8. The van der Waals surface area contributed by atoms with Crippen LogP contribution in [0.15, 0.2) is 54.7 Å². The van der Waals surface area contributed by atoms with Gasteiger partial charge in [0.05, 0.1) is 23.4 Å². The number of rotatable bonds is 2. The van der Waals surface area contributed by atoms with Crippen molar-refractivity contribution in [2.24, 2.45) is 0 Å². The van der Waals surface area contributed by atoms with Gasteiger partial charge in [0.25, 0.3) is 0 Å². The monoisotopic (exact) mass is 297 g/mol. The Bertz CT molecular complexity index is 830. The van der Waals surface area contributed by atoms with Gasteiger partial charge in [-0.15, -0.1) is 0 Å². The first kappa shape index (κ1) is 13.6. The molecule has 0 fully saturated rings. The largest absolute Gasteiger partial charge is 0.465 e. The molecule has 0 N–H and O–H groups in total. The minimum absolute atomic E-state index is 0.362. The van der Waals surface area contributed by atoms with Gasteiger partial charge in [0.2, 0.25) is 0 Å². The van der Waals surface area contributed by atoms with Crippen molar-refractivity contribution in [1.82, 2.24) is 4.98 Å². The molecule has 0 aliphatic heterocycles. The Labute approximate surface area is 127 Å². The van der Waals surface area contributed by atoms with Crippen LogP contribution in [0, 0.1) is 0 Å². The average molecular weight is 298 g/mol. The molecule has 0 bridgehead atoms. The van der Waals surface area contributed by atoms with Crippen LogP contribution in [0.4, 0.5) is 0 Å². The lowest BCUT2D eigenvalue weighted by Crippen LogP contribution is -2.00. The second-order valence-corrected chi connectivity index (χ2v) is 4.97. The van der Waals surface area contributed by atoms with Gasteiger partial charge >= 0.3 is 5.97 Å². The van der Waals surface area contributed by atoms with E-state index in [4.69, 9.17) is 16.3 Å². The summed E-state index contributed by atoms with van der Waals surface area (Å²) in [6.45, 7) is 0. The summed E-state index contributed by atoms with van der Waals surface area (Å²) in [7, 11) is 1.37. The van der Waals surface area contributed by atoms with Crippen molar-refractivity contribution in [3.63, 3.8) is 0 Å². The zero-order valence-electron chi connectivity index (χ0n) is 11.3. The zero-order valence-corrected chi connectivity index (χ0v) is 12.1. The van der Waals surface area contributed by atoms with Crippen molar-refractivity contribution in [3.8, 4) is 11.3 Å². The van der Waals surface area contributed by atoms with E-state index in [1.165, 1.54) is 7.11 Å². The highest BCUT2D eigenvalue weighted by atomic mass is 35.5. The number of pyridine rings is 1. The molecule has 0 amide bonds. The van der Waals surface area contributed by atoms with Crippen LogP contribution in [0.5, 0.6) is 0 Å². The third kappa shape index (κ3) is 2.48. The third-order valence-corrected chi connectivity index (χ3v) is 3.62. The molecule has 0 unspecified atom stereocenters. The van der Waals surface area contributed by atoms with Gasteiger partial charge in [0, 0.05) is 11.8 Å². The van der Waals surface area contributed by atoms with Gasteiger partial charge in [-0.1, -0.05) is 35.9 Å². The summed E-state index contributed by atoms with van der Waals surface area (Å²) in [5.74, 6) is -0.362. The number of esters is 1. The first-order valence-corrected chi connectivity index (χ1v) is 6.80. The molecule has 2 aromatic carbocycles. The lowest BCUT2D eigenvalue weighted by atomic mass is 9.99. The van der Waals surface area contributed by atoms with Crippen molar-refractivity contribution in [2.75, 3.05) is 7.11 Å². The Morgan fingerprint density at radius 3 is 2.76 bits per heavy atom. The van der Waals surface area contributed by atoms with Gasteiger partial charge in [0.1, 0.15) is 0 Å². The van der Waals surface area contributed by atoms with Crippen LogP contribution in [0.3, 0.4) is 0 Å². The highest BCUT2D eigenvalue weighted by Crippen LogP contribution is 2.32. The van der Waals surface area contributed by atoms with Crippen molar-refractivity contribution in [2.45, 2.75) is 0 Å². The fourth-order valence-corrected chi connectivity index (χ4v) is 2.53. The number of hydrogen-bond donors (Lipinski definition) is 0. The molecule has 0 aliphatic rings. The molecule has 0 atom stereocenters. The Kier molecular flexibility index (Phi) is 3.59. The number of fused-ring (bicyclic) bond motifs is 1. The number of hydrogen-bond acceptors (Lipinski definition) is 3. The topological polar surface area (TPSA) is 39.2 Å². The molecule has 3 aromatic rings. The molecule has 3 nitrogen and oxygen atoms in total. The minimum Gasteiger partial charge on any atom is -0.465 e. The molecule has 21 heavy (non-hydrogen) atoms. The molecule has 104 valence electrons. The summed E-state index contributed by atoms with van der Waals surface area (Å²) in [5, 5.41) is 2.51. The summed E-state index contributed by atoms with van der Waals surface area (Å²) in [6.07, 6.45) is 1.70. The van der Waals surface area contributed by atoms with Crippen LogP contribution < -0.4 is 0 Å². The van der Waals surface area contributed by atoms with E-state index in [1.54, 1.807) is 24.4 Å². The van der Waals surface area contributed by atoms with Crippen molar-refractivity contribution in [1.29, 1.82) is 0 Å². The Morgan fingerprint density at radius 2 is 2.00 bits per heavy atom. The van der Waals surface area contributed by atoms with E-state index in [1.807, 2.05) is 30.3 Å². The normalized spacial score (nSPS) is 10.6. The summed E-state index contributed by atoms with van der Waals surface area (Å²) in [5.41, 5.74) is 2.10. The lowest BCUT2D eigenvalue weighted by molar-refractivity contribution is 0.0601. The van der Waals surface area contributed by atoms with Gasteiger partial charge in [-0.2, -0.15) is 0 Å². The molecule has 1 heterocycles. The molecule has 1 aromatic heterocycles. The maximum Gasteiger partial charge on any atom is 0.337 e. The van der Waals surface area contributed by atoms with Crippen molar-refractivity contribution < 1.29 is 9.53 Å². The molecule has 3 rings (SSSR count). The van der Waals surface area contributed by atoms with Crippen LogP contribution in [0.2, 0.25) is 5.02 Å². The van der Waals surface area contributed by atoms with E-state index < -0.39 is 0 Å². The Morgan fingerprint density at radius 1 is 1.14 bits per heavy atom. The fourth-order valence-electron chi connectivity index (χ4n) is 2.31. The number of benzene rings is 2. The van der Waals surface area contributed by atoms with Gasteiger partial charge in [-0.25, -0.2) is 4.79 Å². The van der Waals surface area contributed by atoms with E-state index in [-0.39, 0.29) is 5.97 Å². The maximum absolute atomic E-state index is 11.7. The highest BCUT2D eigenvalue weighted by Gasteiger charge is 2.11. The summed E-state index contributed by atoms with van der Waals surface area (Å²) >= 11 is 6.23. The molecule has 0 radical (unpaired) electrons. The van der Waals surface area contributed by atoms with Gasteiger partial charge < -0.3 is 4.74 Å². The standard InChI is InChI=1S/C17H12ClNO2/c1-21-17(20)12-8-7-11-4-2-5-13(14(11)10-12)16-15(18)6-3-9-19-16/h2-10H,1H3. The summed E-state index contributed by atoms with van der Waals surface area (Å²) < 4.78 is 4.77. The molecule has 0 aliphatic carbocycles. The van der Waals surface area contributed by atoms with Gasteiger partial charge in [-0.05, 0) is 35.0 Å². The number of carbonyl (C=O) groups excluding carboxylic acids is 1. The number of nitrogens with zero attached hydrogens (tertiary/aromatic N) is 1. The van der Waals surface area contributed by atoms with Crippen LogP contribution in [-0.4, -0.2) is 18.1 Å². The second-order valence-electron chi connectivity index (χ2n) is 4.57. The van der Waals surface area contributed by atoms with Crippen molar-refractivity contribution in [3.05, 3.63) is 65.3 Å². The molecule has 0 spiro atoms. The predicted octanol–water partition coefficient (Wildman–Crippen LogP) is 4.34. The first-order valence-electron chi connectivity index (χ1n) is 6.42. The first-order chi connectivity index (χ1) is 10.2. The van der Waals surface area contributed by atoms with Crippen LogP contribution in [-0.2, 0) is 4.74 Å². The minimum atomic E-state index is -0.362. The smallest absolute Gasteiger partial charge is 0.337 e. The Hall–Kier alpha value is -2.39. The number of ether oxygens (including phenoxy) is 1. The number of aromatic nitrogens is 1.